The number of hydrogen-bond donors (Lipinski definition) is 3. The first kappa shape index (κ1) is 26.4. The van der Waals surface area contributed by atoms with Gasteiger partial charge in [-0.25, -0.2) is 9.78 Å². The first-order valence-electron chi connectivity index (χ1n) is 12.3. The minimum Gasteiger partial charge on any atom is -0.478 e. The summed E-state index contributed by atoms with van der Waals surface area (Å²) in [6.07, 6.45) is 0.602. The van der Waals surface area contributed by atoms with Crippen molar-refractivity contribution in [3.63, 3.8) is 0 Å². The number of carboxylic acids is 1. The largest absolute Gasteiger partial charge is 0.478 e. The molecule has 0 aliphatic rings. The highest BCUT2D eigenvalue weighted by Gasteiger charge is 2.21. The Morgan fingerprint density at radius 3 is 2.44 bits per heavy atom. The molecule has 2 amide bonds. The topological polar surface area (TPSA) is 108 Å². The first-order chi connectivity index (χ1) is 18.8. The fourth-order valence-electron chi connectivity index (χ4n) is 4.31. The Labute approximate surface area is 233 Å². The molecular formula is C30H25N3O4S2. The van der Waals surface area contributed by atoms with Gasteiger partial charge in [0, 0.05) is 21.5 Å². The van der Waals surface area contributed by atoms with Crippen molar-refractivity contribution in [2.45, 2.75) is 30.4 Å². The Hall–Kier alpha value is -4.21. The number of amides is 2. The molecule has 0 aliphatic heterocycles. The summed E-state index contributed by atoms with van der Waals surface area (Å²) < 4.78 is 1.02. The lowest BCUT2D eigenvalue weighted by molar-refractivity contribution is -0.115. The maximum absolute atomic E-state index is 13.2. The van der Waals surface area contributed by atoms with Crippen molar-refractivity contribution >= 4 is 72.7 Å². The van der Waals surface area contributed by atoms with E-state index >= 15 is 0 Å². The summed E-state index contributed by atoms with van der Waals surface area (Å²) in [5.41, 5.74) is 2.89. The van der Waals surface area contributed by atoms with Gasteiger partial charge in [-0.1, -0.05) is 54.7 Å². The molecule has 0 bridgehead atoms. The van der Waals surface area contributed by atoms with E-state index in [2.05, 4.69) is 21.7 Å². The Morgan fingerprint density at radius 1 is 0.949 bits per heavy atom. The van der Waals surface area contributed by atoms with E-state index in [1.54, 1.807) is 36.4 Å². The third-order valence-electron chi connectivity index (χ3n) is 6.19. The molecule has 39 heavy (non-hydrogen) atoms. The van der Waals surface area contributed by atoms with Gasteiger partial charge in [-0.3, -0.25) is 9.59 Å². The van der Waals surface area contributed by atoms with Crippen molar-refractivity contribution in [1.82, 2.24) is 4.98 Å². The van der Waals surface area contributed by atoms with E-state index < -0.39 is 11.9 Å². The van der Waals surface area contributed by atoms with Crippen molar-refractivity contribution in [3.8, 4) is 0 Å². The molecule has 0 saturated heterocycles. The number of nitrogens with zero attached hydrogens (tertiary/aromatic N) is 1. The predicted octanol–water partition coefficient (Wildman–Crippen LogP) is 7.22. The predicted molar refractivity (Wildman–Crippen MR) is 158 cm³/mol. The Morgan fingerprint density at radius 2 is 1.69 bits per heavy atom. The van der Waals surface area contributed by atoms with Crippen molar-refractivity contribution in [3.05, 3.63) is 95.6 Å². The van der Waals surface area contributed by atoms with Crippen LogP contribution in [0, 0.1) is 6.92 Å². The highest BCUT2D eigenvalue weighted by molar-refractivity contribution is 8.00. The quantitative estimate of drug-likeness (QED) is 0.175. The van der Waals surface area contributed by atoms with Crippen molar-refractivity contribution in [2.75, 3.05) is 10.6 Å². The van der Waals surface area contributed by atoms with Crippen LogP contribution in [0.5, 0.6) is 0 Å². The Bertz CT molecular complexity index is 1730. The van der Waals surface area contributed by atoms with E-state index in [1.807, 2.05) is 44.2 Å². The van der Waals surface area contributed by atoms with Crippen LogP contribution in [-0.4, -0.2) is 33.1 Å². The van der Waals surface area contributed by atoms with Gasteiger partial charge in [-0.05, 0) is 66.8 Å². The average Bonchev–Trinajstić information content (AvgIpc) is 3.32. The molecule has 1 aromatic heterocycles. The van der Waals surface area contributed by atoms with E-state index in [0.29, 0.717) is 28.0 Å². The number of nitrogens with one attached hydrogen (secondary N) is 2. The fraction of sp³-hybridized carbons (Fsp3) is 0.133. The summed E-state index contributed by atoms with van der Waals surface area (Å²) in [5, 5.41) is 16.7. The summed E-state index contributed by atoms with van der Waals surface area (Å²) in [5.74, 6) is -1.64. The number of benzene rings is 4. The molecule has 4 aromatic carbocycles. The maximum Gasteiger partial charge on any atom is 0.336 e. The molecule has 0 radical (unpaired) electrons. The summed E-state index contributed by atoms with van der Waals surface area (Å²) in [6.45, 7) is 3.97. The first-order valence-corrected chi connectivity index (χ1v) is 14.0. The summed E-state index contributed by atoms with van der Waals surface area (Å²) in [6, 6.07) is 23.3. The molecule has 9 heteroatoms. The second-order valence-corrected chi connectivity index (χ2v) is 11.3. The highest BCUT2D eigenvalue weighted by Crippen LogP contribution is 2.31. The number of aryl methyl sites for hydroxylation is 1. The lowest BCUT2D eigenvalue weighted by Crippen LogP contribution is -2.24. The van der Waals surface area contributed by atoms with Crippen LogP contribution in [0.1, 0.15) is 39.6 Å². The van der Waals surface area contributed by atoms with Crippen LogP contribution in [0.2, 0.25) is 0 Å². The lowest BCUT2D eigenvalue weighted by Gasteiger charge is -2.15. The second-order valence-electron chi connectivity index (χ2n) is 8.99. The molecule has 5 rings (SSSR count). The van der Waals surface area contributed by atoms with E-state index in [4.69, 9.17) is 0 Å². The van der Waals surface area contributed by atoms with Gasteiger partial charge in [0.2, 0.25) is 5.91 Å². The van der Waals surface area contributed by atoms with Crippen molar-refractivity contribution in [2.24, 2.45) is 0 Å². The Balaban J connectivity index is 1.31. The molecule has 0 aliphatic carbocycles. The molecule has 7 nitrogen and oxygen atoms in total. The summed E-state index contributed by atoms with van der Waals surface area (Å²) >= 11 is 2.86. The zero-order valence-corrected chi connectivity index (χ0v) is 22.9. The van der Waals surface area contributed by atoms with E-state index in [9.17, 15) is 19.5 Å². The Kier molecular flexibility index (Phi) is 7.63. The van der Waals surface area contributed by atoms with Gasteiger partial charge in [0.1, 0.15) is 0 Å². The lowest BCUT2D eigenvalue weighted by atomic mass is 9.98. The van der Waals surface area contributed by atoms with Gasteiger partial charge in [0.15, 0.2) is 5.13 Å². The molecule has 0 spiro atoms. The van der Waals surface area contributed by atoms with Gasteiger partial charge < -0.3 is 15.7 Å². The van der Waals surface area contributed by atoms with Crippen LogP contribution in [0.25, 0.3) is 21.0 Å². The zero-order chi connectivity index (χ0) is 27.5. The van der Waals surface area contributed by atoms with E-state index in [0.717, 1.165) is 20.7 Å². The van der Waals surface area contributed by atoms with Crippen LogP contribution < -0.4 is 10.6 Å². The number of thioether (sulfide) groups is 1. The molecular weight excluding hydrogens is 530 g/mol. The minimum atomic E-state index is -1.09. The number of thiazole rings is 1. The average molecular weight is 556 g/mol. The summed E-state index contributed by atoms with van der Waals surface area (Å²) in [4.78, 5) is 43.4. The third kappa shape index (κ3) is 5.79. The number of hydrogen-bond acceptors (Lipinski definition) is 6. The van der Waals surface area contributed by atoms with Crippen LogP contribution in [-0.2, 0) is 4.79 Å². The van der Waals surface area contributed by atoms with Crippen molar-refractivity contribution < 1.29 is 19.5 Å². The van der Waals surface area contributed by atoms with Gasteiger partial charge in [-0.2, -0.15) is 0 Å². The number of anilines is 2. The zero-order valence-electron chi connectivity index (χ0n) is 21.2. The normalized spacial score (nSPS) is 11.8. The van der Waals surface area contributed by atoms with Crippen LogP contribution in [0.3, 0.4) is 0 Å². The fourth-order valence-corrected chi connectivity index (χ4v) is 6.29. The maximum atomic E-state index is 13.2. The highest BCUT2D eigenvalue weighted by atomic mass is 32.2. The molecule has 0 saturated carbocycles. The van der Waals surface area contributed by atoms with Crippen LogP contribution >= 0.6 is 23.1 Å². The number of carbonyl (C=O) groups excluding carboxylic acids is 2. The SMILES string of the molecule is CCC(Sc1cccc(NC(=O)c2cccc3cccc(C(=O)O)c23)c1)C(=O)Nc1nc2ccc(C)cc2s1. The molecule has 0 fully saturated rings. The number of aromatic carboxylic acids is 1. The monoisotopic (exact) mass is 555 g/mol. The molecule has 1 heterocycles. The van der Waals surface area contributed by atoms with Gasteiger partial charge >= 0.3 is 5.97 Å². The molecule has 1 atom stereocenters. The number of rotatable bonds is 8. The van der Waals surface area contributed by atoms with Crippen LogP contribution in [0.15, 0.2) is 83.8 Å². The van der Waals surface area contributed by atoms with Gasteiger partial charge in [0.05, 0.1) is 21.0 Å². The van der Waals surface area contributed by atoms with Gasteiger partial charge in [0.25, 0.3) is 5.91 Å². The van der Waals surface area contributed by atoms with E-state index in [1.165, 1.54) is 29.2 Å². The summed E-state index contributed by atoms with van der Waals surface area (Å²) in [7, 11) is 0. The molecule has 196 valence electrons. The number of carbonyl (C=O) groups is 3. The number of carboxylic acid groups (broad SMARTS) is 1. The number of fused-ring (bicyclic) bond motifs is 2. The van der Waals surface area contributed by atoms with E-state index in [-0.39, 0.29) is 22.3 Å². The second kappa shape index (κ2) is 11.3. The molecule has 3 N–H and O–H groups in total. The van der Waals surface area contributed by atoms with Crippen LogP contribution in [0.4, 0.5) is 10.8 Å². The van der Waals surface area contributed by atoms with Crippen molar-refractivity contribution in [1.29, 1.82) is 0 Å². The minimum absolute atomic E-state index is 0.0719. The number of aromatic nitrogens is 1. The molecule has 5 aromatic rings. The third-order valence-corrected chi connectivity index (χ3v) is 8.48. The smallest absolute Gasteiger partial charge is 0.336 e. The van der Waals surface area contributed by atoms with Gasteiger partial charge in [-0.15, -0.1) is 11.8 Å². The standard InChI is InChI=1S/C30H25N3O4S2/c1-3-24(28(35)33-30-32-23-14-13-17(2)15-25(23)39-30)38-20-10-6-9-19(16-20)31-27(34)21-11-4-7-18-8-5-12-22(26(18)21)29(36)37/h4-16,24H,3H2,1-2H3,(H,31,34)(H,36,37)(H,32,33,35). The molecule has 1 unspecified atom stereocenters.